The molecule has 0 atom stereocenters. The SMILES string of the molecule is CC(C)(C)c1ccnc(-n2ncc3ccc(Oc4[c-]c(N5C=CN(C(C)(C)C)[CH-]5)ccc4)[c-]c32)c1.[Pt]. The van der Waals surface area contributed by atoms with Crippen LogP contribution in [0.4, 0.5) is 5.69 Å². The molecular formula is C29H30N5OPt-3. The van der Waals surface area contributed by atoms with E-state index < -0.39 is 0 Å². The fourth-order valence-corrected chi connectivity index (χ4v) is 3.82. The molecule has 1 aliphatic rings. The van der Waals surface area contributed by atoms with E-state index in [0.717, 1.165) is 22.4 Å². The Bertz CT molecular complexity index is 1400. The average Bonchev–Trinajstić information content (AvgIpc) is 3.46. The van der Waals surface area contributed by atoms with E-state index in [9.17, 15) is 0 Å². The molecule has 6 nitrogen and oxygen atoms in total. The molecule has 0 unspecified atom stereocenters. The van der Waals surface area contributed by atoms with Gasteiger partial charge in [0, 0.05) is 50.5 Å². The van der Waals surface area contributed by atoms with Crippen LogP contribution in [-0.2, 0) is 26.5 Å². The molecule has 0 N–H and O–H groups in total. The Morgan fingerprint density at radius 2 is 1.69 bits per heavy atom. The largest absolute Gasteiger partial charge is 0.509 e. The van der Waals surface area contributed by atoms with Gasteiger partial charge in [0.05, 0.1) is 0 Å². The molecule has 7 heteroatoms. The monoisotopic (exact) mass is 659 g/mol. The molecule has 190 valence electrons. The maximum Gasteiger partial charge on any atom is 0.151 e. The minimum atomic E-state index is 0. The van der Waals surface area contributed by atoms with Crippen LogP contribution < -0.4 is 9.64 Å². The van der Waals surface area contributed by atoms with Crippen LogP contribution >= 0.6 is 0 Å². The van der Waals surface area contributed by atoms with Crippen LogP contribution in [0.15, 0.2) is 67.3 Å². The van der Waals surface area contributed by atoms with Gasteiger partial charge in [0.2, 0.25) is 0 Å². The number of fused-ring (bicyclic) bond motifs is 1. The number of aromatic nitrogens is 3. The van der Waals surface area contributed by atoms with E-state index in [1.807, 2.05) is 64.6 Å². The Hall–Kier alpha value is -3.11. The zero-order valence-electron chi connectivity index (χ0n) is 21.4. The minimum absolute atomic E-state index is 0. The van der Waals surface area contributed by atoms with Crippen LogP contribution in [0.25, 0.3) is 16.7 Å². The summed E-state index contributed by atoms with van der Waals surface area (Å²) in [6.07, 6.45) is 7.74. The first kappa shape index (κ1) is 26.0. The number of benzene rings is 2. The van der Waals surface area contributed by atoms with E-state index in [4.69, 9.17) is 4.74 Å². The van der Waals surface area contributed by atoms with Gasteiger partial charge in [-0.2, -0.15) is 23.9 Å². The number of ether oxygens (including phenoxy) is 1. The normalized spacial score (nSPS) is 13.8. The summed E-state index contributed by atoms with van der Waals surface area (Å²) in [5.41, 5.74) is 2.94. The van der Waals surface area contributed by atoms with Crippen molar-refractivity contribution >= 4 is 16.6 Å². The van der Waals surface area contributed by atoms with Crippen molar-refractivity contribution < 1.29 is 25.8 Å². The Kier molecular flexibility index (Phi) is 7.03. The van der Waals surface area contributed by atoms with Crippen molar-refractivity contribution in [1.82, 2.24) is 19.7 Å². The third kappa shape index (κ3) is 5.34. The molecular weight excluding hydrogens is 629 g/mol. The van der Waals surface area contributed by atoms with Crippen molar-refractivity contribution in [3.05, 3.63) is 91.6 Å². The van der Waals surface area contributed by atoms with Gasteiger partial charge in [-0.15, -0.1) is 36.0 Å². The fourth-order valence-electron chi connectivity index (χ4n) is 3.82. The molecule has 0 aliphatic carbocycles. The first-order valence-electron chi connectivity index (χ1n) is 11.8. The smallest absolute Gasteiger partial charge is 0.151 e. The molecule has 0 bridgehead atoms. The number of pyridine rings is 1. The van der Waals surface area contributed by atoms with Gasteiger partial charge < -0.3 is 14.5 Å². The average molecular weight is 660 g/mol. The van der Waals surface area contributed by atoms with Crippen molar-refractivity contribution in [1.29, 1.82) is 0 Å². The van der Waals surface area contributed by atoms with E-state index >= 15 is 0 Å². The summed E-state index contributed by atoms with van der Waals surface area (Å²) in [6, 6.07) is 20.6. The first-order chi connectivity index (χ1) is 16.6. The summed E-state index contributed by atoms with van der Waals surface area (Å²) < 4.78 is 7.98. The molecule has 36 heavy (non-hydrogen) atoms. The van der Waals surface area contributed by atoms with Crippen LogP contribution in [0.2, 0.25) is 0 Å². The number of hydrogen-bond acceptors (Lipinski definition) is 5. The van der Waals surface area contributed by atoms with Crippen molar-refractivity contribution in [2.75, 3.05) is 4.90 Å². The summed E-state index contributed by atoms with van der Waals surface area (Å²) in [4.78, 5) is 8.75. The van der Waals surface area contributed by atoms with Gasteiger partial charge in [-0.25, -0.2) is 9.67 Å². The molecule has 3 heterocycles. The molecule has 0 spiro atoms. The molecule has 0 fully saturated rings. The first-order valence-corrected chi connectivity index (χ1v) is 11.8. The summed E-state index contributed by atoms with van der Waals surface area (Å²) >= 11 is 0. The van der Waals surface area contributed by atoms with Crippen molar-refractivity contribution in [2.24, 2.45) is 0 Å². The summed E-state index contributed by atoms with van der Waals surface area (Å²) in [7, 11) is 0. The van der Waals surface area contributed by atoms with Crippen LogP contribution in [0.1, 0.15) is 47.1 Å². The van der Waals surface area contributed by atoms with E-state index in [1.54, 1.807) is 0 Å². The van der Waals surface area contributed by atoms with Crippen molar-refractivity contribution in [3.63, 3.8) is 0 Å². The molecule has 0 amide bonds. The van der Waals surface area contributed by atoms with Crippen molar-refractivity contribution in [3.8, 4) is 17.3 Å². The second kappa shape index (κ2) is 9.74. The van der Waals surface area contributed by atoms with Gasteiger partial charge in [-0.3, -0.25) is 0 Å². The third-order valence-corrected chi connectivity index (χ3v) is 5.94. The third-order valence-electron chi connectivity index (χ3n) is 5.94. The minimum Gasteiger partial charge on any atom is -0.509 e. The Morgan fingerprint density at radius 1 is 0.917 bits per heavy atom. The topological polar surface area (TPSA) is 46.4 Å². The van der Waals surface area contributed by atoms with Gasteiger partial charge in [-0.1, -0.05) is 26.2 Å². The van der Waals surface area contributed by atoms with Gasteiger partial charge >= 0.3 is 0 Å². The van der Waals surface area contributed by atoms with Gasteiger partial charge in [-0.05, 0) is 61.8 Å². The van der Waals surface area contributed by atoms with Gasteiger partial charge in [0.1, 0.15) is 0 Å². The Balaban J connectivity index is 0.00000304. The quantitative estimate of drug-likeness (QED) is 0.231. The standard InChI is InChI=1S/C29H30N5O.Pt/c1-28(2,3)22-12-13-30-27(16-22)34-26-18-25(11-10-21(26)19-31-34)35-24-9-7-8-23(17-24)32-14-15-33(20-32)29(4,5)6;/h7-16,19-20H,1-6H3;/q-3;. The summed E-state index contributed by atoms with van der Waals surface area (Å²) in [6.45, 7) is 15.1. The van der Waals surface area contributed by atoms with E-state index in [2.05, 4.69) is 87.6 Å². The van der Waals surface area contributed by atoms with Gasteiger partial charge in [0.15, 0.2) is 5.82 Å². The molecule has 4 aromatic rings. The predicted octanol–water partition coefficient (Wildman–Crippen LogP) is 6.62. The van der Waals surface area contributed by atoms with Crippen LogP contribution in [-0.4, -0.2) is 25.2 Å². The molecule has 0 saturated carbocycles. The van der Waals surface area contributed by atoms with Crippen molar-refractivity contribution in [2.45, 2.75) is 52.5 Å². The zero-order valence-corrected chi connectivity index (χ0v) is 23.7. The molecule has 1 aliphatic heterocycles. The summed E-state index contributed by atoms with van der Waals surface area (Å²) in [5.74, 6) is 1.97. The van der Waals surface area contributed by atoms with E-state index in [0.29, 0.717) is 11.5 Å². The van der Waals surface area contributed by atoms with Crippen LogP contribution in [0.5, 0.6) is 11.5 Å². The molecule has 2 aromatic carbocycles. The Morgan fingerprint density at radius 3 is 2.42 bits per heavy atom. The predicted molar refractivity (Wildman–Crippen MR) is 139 cm³/mol. The maximum absolute atomic E-state index is 6.17. The van der Waals surface area contributed by atoms with E-state index in [-0.39, 0.29) is 32.0 Å². The van der Waals surface area contributed by atoms with Crippen LogP contribution in [0.3, 0.4) is 0 Å². The molecule has 2 aromatic heterocycles. The van der Waals surface area contributed by atoms with Gasteiger partial charge in [0.25, 0.3) is 0 Å². The molecule has 0 saturated heterocycles. The zero-order chi connectivity index (χ0) is 24.8. The molecule has 0 radical (unpaired) electrons. The fraction of sp³-hybridized carbons (Fsp3) is 0.276. The number of anilines is 1. The second-order valence-corrected chi connectivity index (χ2v) is 10.7. The number of nitrogens with zero attached hydrogens (tertiary/aromatic N) is 5. The van der Waals surface area contributed by atoms with Crippen LogP contribution in [0, 0.1) is 18.8 Å². The Labute approximate surface area is 227 Å². The second-order valence-electron chi connectivity index (χ2n) is 10.7. The molecule has 5 rings (SSSR count). The maximum atomic E-state index is 6.17. The number of rotatable bonds is 4. The number of hydrogen-bond donors (Lipinski definition) is 0. The van der Waals surface area contributed by atoms with E-state index in [1.165, 1.54) is 5.56 Å². The summed E-state index contributed by atoms with van der Waals surface area (Å²) in [5, 5.41) is 5.54.